The summed E-state index contributed by atoms with van der Waals surface area (Å²) in [5.74, 6) is -3.10. The number of aromatic nitrogens is 2. The molecule has 1 N–H and O–H groups in total. The van der Waals surface area contributed by atoms with Gasteiger partial charge in [-0.05, 0) is 45.7 Å². The standard InChI is InChI=1S/C23H34F8N4O2/c1-32-7-8-34(2)10-17-19(18-9-21(24,25)11-35(18)33-17)16-3-5-20(6-4-16,12-36-14-22(26,27)28)13-37-15-23(29,30)31/h16,32H,3-15H2,1-2H3. The minimum Gasteiger partial charge on any atom is -0.371 e. The van der Waals surface area contributed by atoms with Crippen LogP contribution in [0.4, 0.5) is 35.1 Å². The molecule has 1 fully saturated rings. The molecule has 0 atom stereocenters. The number of halogens is 8. The molecule has 2 heterocycles. The van der Waals surface area contributed by atoms with Crippen LogP contribution in [-0.4, -0.2) is 86.6 Å². The SMILES string of the molecule is CNCCN(C)Cc1nn2c(c1C1CCC(COCC(F)(F)F)(COCC(F)(F)F)CC1)CC(F)(F)C2. The second-order valence-corrected chi connectivity index (χ2v) is 10.3. The average Bonchev–Trinajstić information content (AvgIpc) is 3.22. The highest BCUT2D eigenvalue weighted by Crippen LogP contribution is 2.47. The Kier molecular flexibility index (Phi) is 9.50. The van der Waals surface area contributed by atoms with Crippen molar-refractivity contribution in [3.63, 3.8) is 0 Å². The Balaban J connectivity index is 1.76. The fraction of sp³-hybridized carbons (Fsp3) is 0.870. The number of hydrogen-bond acceptors (Lipinski definition) is 5. The van der Waals surface area contributed by atoms with Gasteiger partial charge in [-0.25, -0.2) is 8.78 Å². The first kappa shape index (κ1) is 30.0. The Bertz CT molecular complexity index is 857. The third-order valence-corrected chi connectivity index (χ3v) is 6.95. The molecule has 1 aliphatic carbocycles. The van der Waals surface area contributed by atoms with Gasteiger partial charge in [-0.3, -0.25) is 9.58 Å². The van der Waals surface area contributed by atoms with E-state index in [1.165, 1.54) is 4.68 Å². The number of hydrogen-bond donors (Lipinski definition) is 1. The summed E-state index contributed by atoms with van der Waals surface area (Å²) < 4.78 is 115. The highest BCUT2D eigenvalue weighted by atomic mass is 19.4. The van der Waals surface area contributed by atoms with Crippen LogP contribution < -0.4 is 5.32 Å². The molecular formula is C23H34F8N4O2. The zero-order valence-corrected chi connectivity index (χ0v) is 21.0. The van der Waals surface area contributed by atoms with E-state index in [1.54, 1.807) is 0 Å². The van der Waals surface area contributed by atoms with Gasteiger partial charge in [-0.15, -0.1) is 0 Å². The molecule has 0 radical (unpaired) electrons. The molecule has 0 aromatic carbocycles. The maximum Gasteiger partial charge on any atom is 0.411 e. The number of alkyl halides is 8. The molecule has 0 unspecified atom stereocenters. The van der Waals surface area contributed by atoms with Crippen molar-refractivity contribution in [1.82, 2.24) is 20.0 Å². The van der Waals surface area contributed by atoms with Gasteiger partial charge >= 0.3 is 12.4 Å². The topological polar surface area (TPSA) is 51.6 Å². The first-order valence-corrected chi connectivity index (χ1v) is 12.2. The van der Waals surface area contributed by atoms with E-state index >= 15 is 0 Å². The Morgan fingerprint density at radius 3 is 2.11 bits per heavy atom. The van der Waals surface area contributed by atoms with Gasteiger partial charge in [-0.1, -0.05) is 0 Å². The van der Waals surface area contributed by atoms with Crippen molar-refractivity contribution in [1.29, 1.82) is 0 Å². The molecule has 3 rings (SSSR count). The molecule has 1 saturated carbocycles. The monoisotopic (exact) mass is 550 g/mol. The van der Waals surface area contributed by atoms with Gasteiger partial charge in [0.15, 0.2) is 0 Å². The van der Waals surface area contributed by atoms with Gasteiger partial charge in [0.2, 0.25) is 0 Å². The highest BCUT2D eigenvalue weighted by Gasteiger charge is 2.45. The number of likely N-dealkylation sites (N-methyl/N-ethyl adjacent to an activating group) is 2. The molecule has 37 heavy (non-hydrogen) atoms. The van der Waals surface area contributed by atoms with Gasteiger partial charge in [0, 0.05) is 36.3 Å². The maximum atomic E-state index is 14.2. The van der Waals surface area contributed by atoms with Gasteiger partial charge in [0.05, 0.1) is 25.3 Å². The predicted molar refractivity (Wildman–Crippen MR) is 119 cm³/mol. The lowest BCUT2D eigenvalue weighted by Crippen LogP contribution is -2.38. The quantitative estimate of drug-likeness (QED) is 0.388. The second-order valence-electron chi connectivity index (χ2n) is 10.3. The lowest BCUT2D eigenvalue weighted by atomic mass is 9.69. The fourth-order valence-electron chi connectivity index (χ4n) is 5.24. The number of ether oxygens (including phenoxy) is 2. The Morgan fingerprint density at radius 2 is 1.59 bits per heavy atom. The summed E-state index contributed by atoms with van der Waals surface area (Å²) in [5.41, 5.74) is 0.843. The van der Waals surface area contributed by atoms with Crippen LogP contribution in [0.3, 0.4) is 0 Å². The summed E-state index contributed by atoms with van der Waals surface area (Å²) in [6, 6.07) is 0. The van der Waals surface area contributed by atoms with E-state index < -0.39 is 63.1 Å². The fourth-order valence-corrected chi connectivity index (χ4v) is 5.24. The largest absolute Gasteiger partial charge is 0.411 e. The number of nitrogens with zero attached hydrogens (tertiary/aromatic N) is 3. The van der Waals surface area contributed by atoms with Crippen molar-refractivity contribution in [2.24, 2.45) is 5.41 Å². The maximum absolute atomic E-state index is 14.2. The lowest BCUT2D eigenvalue weighted by molar-refractivity contribution is -0.198. The Morgan fingerprint density at radius 1 is 1.03 bits per heavy atom. The molecule has 14 heteroatoms. The van der Waals surface area contributed by atoms with Gasteiger partial charge in [0.25, 0.3) is 5.92 Å². The molecule has 1 aliphatic heterocycles. The van der Waals surface area contributed by atoms with Gasteiger partial charge in [0.1, 0.15) is 19.8 Å². The summed E-state index contributed by atoms with van der Waals surface area (Å²) in [6.07, 6.45) is -8.31. The average molecular weight is 551 g/mol. The molecule has 2 aliphatic rings. The van der Waals surface area contributed by atoms with Crippen LogP contribution >= 0.6 is 0 Å². The van der Waals surface area contributed by atoms with Gasteiger partial charge in [-0.2, -0.15) is 31.4 Å². The van der Waals surface area contributed by atoms with Crippen molar-refractivity contribution in [2.45, 2.75) is 69.4 Å². The highest BCUT2D eigenvalue weighted by molar-refractivity contribution is 5.34. The second kappa shape index (κ2) is 11.7. The van der Waals surface area contributed by atoms with Crippen LogP contribution in [0.5, 0.6) is 0 Å². The van der Waals surface area contributed by atoms with Crippen molar-refractivity contribution >= 4 is 0 Å². The van der Waals surface area contributed by atoms with E-state index in [1.807, 2.05) is 19.0 Å². The Labute approximate surface area is 210 Å². The van der Waals surface area contributed by atoms with Crippen LogP contribution in [0.15, 0.2) is 0 Å². The molecular weight excluding hydrogens is 516 g/mol. The predicted octanol–water partition coefficient (Wildman–Crippen LogP) is 4.53. The van der Waals surface area contributed by atoms with Crippen LogP contribution in [0, 0.1) is 5.41 Å². The number of rotatable bonds is 12. The zero-order chi connectivity index (χ0) is 27.5. The number of nitrogens with one attached hydrogen (secondary N) is 1. The van der Waals surface area contributed by atoms with Crippen molar-refractivity contribution < 1.29 is 44.6 Å². The van der Waals surface area contributed by atoms with Crippen molar-refractivity contribution in [2.75, 3.05) is 53.6 Å². The van der Waals surface area contributed by atoms with Gasteiger partial charge < -0.3 is 14.8 Å². The van der Waals surface area contributed by atoms with E-state index in [9.17, 15) is 35.1 Å². The lowest BCUT2D eigenvalue weighted by Gasteiger charge is -2.40. The summed E-state index contributed by atoms with van der Waals surface area (Å²) in [7, 11) is 3.71. The van der Waals surface area contributed by atoms with Crippen LogP contribution in [0.2, 0.25) is 0 Å². The molecule has 1 aromatic heterocycles. The Hall–Kier alpha value is -1.51. The molecule has 0 bridgehead atoms. The summed E-state index contributed by atoms with van der Waals surface area (Å²) in [4.78, 5) is 2.01. The third-order valence-electron chi connectivity index (χ3n) is 6.95. The first-order valence-electron chi connectivity index (χ1n) is 12.2. The summed E-state index contributed by atoms with van der Waals surface area (Å²) in [6.45, 7) is -2.47. The normalized spacial score (nSPS) is 20.1. The zero-order valence-electron chi connectivity index (χ0n) is 21.0. The van der Waals surface area contributed by atoms with Crippen LogP contribution in [-0.2, 0) is 29.0 Å². The number of fused-ring (bicyclic) bond motifs is 1. The van der Waals surface area contributed by atoms with E-state index in [0.29, 0.717) is 37.3 Å². The van der Waals surface area contributed by atoms with E-state index in [0.717, 1.165) is 12.1 Å². The van der Waals surface area contributed by atoms with Crippen molar-refractivity contribution in [3.05, 3.63) is 17.0 Å². The molecule has 0 spiro atoms. The summed E-state index contributed by atoms with van der Waals surface area (Å²) >= 11 is 0. The smallest absolute Gasteiger partial charge is 0.371 e. The molecule has 0 amide bonds. The molecule has 214 valence electrons. The third kappa shape index (κ3) is 8.75. The van der Waals surface area contributed by atoms with Crippen molar-refractivity contribution in [3.8, 4) is 0 Å². The minimum absolute atomic E-state index is 0.191. The van der Waals surface area contributed by atoms with E-state index in [-0.39, 0.29) is 18.8 Å². The molecule has 6 nitrogen and oxygen atoms in total. The molecule has 0 saturated heterocycles. The minimum atomic E-state index is -4.57. The first-order chi connectivity index (χ1) is 17.1. The van der Waals surface area contributed by atoms with E-state index in [2.05, 4.69) is 10.4 Å². The van der Waals surface area contributed by atoms with Crippen LogP contribution in [0.1, 0.15) is 48.6 Å². The van der Waals surface area contributed by atoms with E-state index in [4.69, 9.17) is 9.47 Å². The molecule has 1 aromatic rings. The summed E-state index contributed by atoms with van der Waals surface area (Å²) in [5, 5.41) is 7.52. The van der Waals surface area contributed by atoms with Crippen LogP contribution in [0.25, 0.3) is 0 Å².